The van der Waals surface area contributed by atoms with Crippen LogP contribution in [-0.4, -0.2) is 16.0 Å². The SMILES string of the molecule is Cc1cc([N+](=O)[O-])cc2c1N[C@H](c1ccc(C(=O)O)cc1)[C@@H]1CC=C[C@H]21. The van der Waals surface area contributed by atoms with E-state index in [9.17, 15) is 14.9 Å². The van der Waals surface area contributed by atoms with Gasteiger partial charge in [-0.05, 0) is 48.1 Å². The molecular weight excluding hydrogens is 332 g/mol. The lowest BCUT2D eigenvalue weighted by Crippen LogP contribution is -2.29. The number of anilines is 1. The molecule has 0 aromatic heterocycles. The Labute approximate surface area is 150 Å². The van der Waals surface area contributed by atoms with Gasteiger partial charge in [0, 0.05) is 23.7 Å². The number of aromatic carboxylic acids is 1. The Kier molecular flexibility index (Phi) is 3.76. The number of nitrogens with one attached hydrogen (secondary N) is 1. The topological polar surface area (TPSA) is 92.5 Å². The fourth-order valence-corrected chi connectivity index (χ4v) is 4.14. The van der Waals surface area contributed by atoms with E-state index in [0.717, 1.165) is 28.8 Å². The summed E-state index contributed by atoms with van der Waals surface area (Å²) in [5.41, 5.74) is 4.16. The van der Waals surface area contributed by atoms with Crippen LogP contribution in [0.2, 0.25) is 0 Å². The van der Waals surface area contributed by atoms with E-state index in [2.05, 4.69) is 17.5 Å². The van der Waals surface area contributed by atoms with Crippen LogP contribution in [0.15, 0.2) is 48.6 Å². The number of hydrogen-bond donors (Lipinski definition) is 2. The maximum Gasteiger partial charge on any atom is 0.335 e. The number of allylic oxidation sites excluding steroid dienone is 2. The molecule has 0 radical (unpaired) electrons. The quantitative estimate of drug-likeness (QED) is 0.485. The van der Waals surface area contributed by atoms with Gasteiger partial charge in [0.15, 0.2) is 0 Å². The molecule has 2 aliphatic rings. The first kappa shape index (κ1) is 16.3. The van der Waals surface area contributed by atoms with Crippen molar-refractivity contribution in [3.63, 3.8) is 0 Å². The lowest BCUT2D eigenvalue weighted by Gasteiger charge is -2.38. The molecule has 2 aromatic rings. The number of benzene rings is 2. The summed E-state index contributed by atoms with van der Waals surface area (Å²) in [5, 5.41) is 23.9. The number of nitro groups is 1. The van der Waals surface area contributed by atoms with Gasteiger partial charge in [0.2, 0.25) is 0 Å². The van der Waals surface area contributed by atoms with Crippen LogP contribution in [0.4, 0.5) is 11.4 Å². The molecule has 4 rings (SSSR count). The fraction of sp³-hybridized carbons (Fsp3) is 0.250. The number of carboxylic acid groups (broad SMARTS) is 1. The number of nitrogens with zero attached hydrogens (tertiary/aromatic N) is 1. The number of rotatable bonds is 3. The molecule has 6 heteroatoms. The maximum atomic E-state index is 11.2. The summed E-state index contributed by atoms with van der Waals surface area (Å²) in [6.07, 6.45) is 5.13. The minimum Gasteiger partial charge on any atom is -0.478 e. The number of aryl methyl sites for hydroxylation is 1. The molecule has 0 saturated carbocycles. The van der Waals surface area contributed by atoms with Crippen molar-refractivity contribution in [3.05, 3.63) is 80.9 Å². The first-order chi connectivity index (χ1) is 12.5. The third-order valence-electron chi connectivity index (χ3n) is 5.38. The average molecular weight is 350 g/mol. The summed E-state index contributed by atoms with van der Waals surface area (Å²) in [4.78, 5) is 22.0. The van der Waals surface area contributed by atoms with Gasteiger partial charge in [-0.3, -0.25) is 10.1 Å². The Morgan fingerprint density at radius 3 is 2.65 bits per heavy atom. The molecule has 6 nitrogen and oxygen atoms in total. The van der Waals surface area contributed by atoms with E-state index in [1.807, 2.05) is 19.1 Å². The van der Waals surface area contributed by atoms with Crippen LogP contribution in [0.25, 0.3) is 0 Å². The second-order valence-corrected chi connectivity index (χ2v) is 6.89. The van der Waals surface area contributed by atoms with Crippen LogP contribution < -0.4 is 5.32 Å². The molecule has 1 aliphatic heterocycles. The molecule has 26 heavy (non-hydrogen) atoms. The van der Waals surface area contributed by atoms with Crippen LogP contribution in [0.1, 0.15) is 45.4 Å². The van der Waals surface area contributed by atoms with Crippen molar-refractivity contribution in [2.75, 3.05) is 5.32 Å². The van der Waals surface area contributed by atoms with Crippen molar-refractivity contribution < 1.29 is 14.8 Å². The zero-order valence-electron chi connectivity index (χ0n) is 14.2. The smallest absolute Gasteiger partial charge is 0.335 e. The molecule has 1 heterocycles. The highest BCUT2D eigenvalue weighted by Gasteiger charge is 2.39. The van der Waals surface area contributed by atoms with Gasteiger partial charge < -0.3 is 10.4 Å². The highest BCUT2D eigenvalue weighted by Crippen LogP contribution is 2.51. The minimum atomic E-state index is -0.943. The van der Waals surface area contributed by atoms with Gasteiger partial charge in [-0.2, -0.15) is 0 Å². The third kappa shape index (κ3) is 2.54. The molecule has 0 fully saturated rings. The molecule has 2 aromatic carbocycles. The molecule has 0 unspecified atom stereocenters. The standard InChI is InChI=1S/C20H18N2O4/c1-11-9-14(22(25)26)10-17-15-3-2-4-16(15)19(21-18(11)17)12-5-7-13(8-6-12)20(23)24/h2-3,5-10,15-16,19,21H,4H2,1H3,(H,23,24)/t15-,16+,19+/m0/s1. The Morgan fingerprint density at radius 2 is 2.00 bits per heavy atom. The molecule has 1 aliphatic carbocycles. The lowest BCUT2D eigenvalue weighted by atomic mass is 9.76. The summed E-state index contributed by atoms with van der Waals surface area (Å²) in [5.74, 6) is -0.573. The number of hydrogen-bond acceptors (Lipinski definition) is 4. The predicted octanol–water partition coefficient (Wildman–Crippen LogP) is 4.43. The normalized spacial score (nSPS) is 23.0. The highest BCUT2D eigenvalue weighted by atomic mass is 16.6. The Morgan fingerprint density at radius 1 is 1.27 bits per heavy atom. The van der Waals surface area contributed by atoms with E-state index < -0.39 is 5.97 Å². The third-order valence-corrected chi connectivity index (χ3v) is 5.38. The van der Waals surface area contributed by atoms with Gasteiger partial charge in [-0.25, -0.2) is 4.79 Å². The van der Waals surface area contributed by atoms with Crippen molar-refractivity contribution >= 4 is 17.3 Å². The Bertz CT molecular complexity index is 934. The zero-order chi connectivity index (χ0) is 18.4. The summed E-state index contributed by atoms with van der Waals surface area (Å²) < 4.78 is 0. The summed E-state index contributed by atoms with van der Waals surface area (Å²) >= 11 is 0. The minimum absolute atomic E-state index is 0.0329. The molecule has 3 atom stereocenters. The van der Waals surface area contributed by atoms with Crippen LogP contribution in [-0.2, 0) is 0 Å². The van der Waals surface area contributed by atoms with Gasteiger partial charge >= 0.3 is 5.97 Å². The predicted molar refractivity (Wildman–Crippen MR) is 97.6 cm³/mol. The number of non-ortho nitro benzene ring substituents is 1. The second-order valence-electron chi connectivity index (χ2n) is 6.89. The fourth-order valence-electron chi connectivity index (χ4n) is 4.14. The van der Waals surface area contributed by atoms with Crippen LogP contribution in [0.3, 0.4) is 0 Å². The summed E-state index contributed by atoms with van der Waals surface area (Å²) in [6, 6.07) is 10.2. The molecule has 0 amide bonds. The molecular formula is C20H18N2O4. The maximum absolute atomic E-state index is 11.2. The first-order valence-electron chi connectivity index (χ1n) is 8.51. The van der Waals surface area contributed by atoms with E-state index >= 15 is 0 Å². The van der Waals surface area contributed by atoms with Crippen molar-refractivity contribution in [2.45, 2.75) is 25.3 Å². The van der Waals surface area contributed by atoms with E-state index in [-0.39, 0.29) is 34.1 Å². The Balaban J connectivity index is 1.77. The van der Waals surface area contributed by atoms with Crippen LogP contribution in [0, 0.1) is 23.0 Å². The van der Waals surface area contributed by atoms with E-state index in [0.29, 0.717) is 0 Å². The lowest BCUT2D eigenvalue weighted by molar-refractivity contribution is -0.385. The van der Waals surface area contributed by atoms with Crippen molar-refractivity contribution in [2.24, 2.45) is 5.92 Å². The van der Waals surface area contributed by atoms with E-state index in [1.165, 1.54) is 0 Å². The van der Waals surface area contributed by atoms with Crippen LogP contribution >= 0.6 is 0 Å². The van der Waals surface area contributed by atoms with Crippen molar-refractivity contribution in [1.82, 2.24) is 0 Å². The molecule has 2 N–H and O–H groups in total. The summed E-state index contributed by atoms with van der Waals surface area (Å²) in [6.45, 7) is 1.88. The van der Waals surface area contributed by atoms with E-state index in [4.69, 9.17) is 5.11 Å². The van der Waals surface area contributed by atoms with Gasteiger partial charge in [0.1, 0.15) is 0 Å². The number of nitro benzene ring substituents is 1. The molecule has 0 bridgehead atoms. The van der Waals surface area contributed by atoms with Crippen LogP contribution in [0.5, 0.6) is 0 Å². The second kappa shape index (κ2) is 5.98. The molecule has 132 valence electrons. The Hall–Kier alpha value is -3.15. The monoisotopic (exact) mass is 350 g/mol. The van der Waals surface area contributed by atoms with Crippen molar-refractivity contribution in [1.29, 1.82) is 0 Å². The summed E-state index contributed by atoms with van der Waals surface area (Å²) in [7, 11) is 0. The molecule has 0 saturated heterocycles. The van der Waals surface area contributed by atoms with Gasteiger partial charge in [0.05, 0.1) is 16.5 Å². The van der Waals surface area contributed by atoms with E-state index in [1.54, 1.807) is 24.3 Å². The largest absolute Gasteiger partial charge is 0.478 e. The highest BCUT2D eigenvalue weighted by molar-refractivity contribution is 5.87. The van der Waals surface area contributed by atoms with Gasteiger partial charge in [-0.15, -0.1) is 0 Å². The van der Waals surface area contributed by atoms with Crippen molar-refractivity contribution in [3.8, 4) is 0 Å². The van der Waals surface area contributed by atoms with Gasteiger partial charge in [-0.1, -0.05) is 24.3 Å². The molecule has 0 spiro atoms. The number of carboxylic acids is 1. The van der Waals surface area contributed by atoms with Gasteiger partial charge in [0.25, 0.3) is 5.69 Å². The average Bonchev–Trinajstić information content (AvgIpc) is 3.11. The zero-order valence-corrected chi connectivity index (χ0v) is 14.2. The number of carbonyl (C=O) groups is 1. The first-order valence-corrected chi connectivity index (χ1v) is 8.51. The number of fused-ring (bicyclic) bond motifs is 3.